The van der Waals surface area contributed by atoms with Crippen molar-refractivity contribution in [2.75, 3.05) is 12.4 Å². The fourth-order valence-corrected chi connectivity index (χ4v) is 4.16. The second-order valence-corrected chi connectivity index (χ2v) is 9.60. The number of halogens is 1. The summed E-state index contributed by atoms with van der Waals surface area (Å²) in [6, 6.07) is 13.3. The van der Waals surface area contributed by atoms with Crippen LogP contribution in [-0.2, 0) is 9.53 Å². The molecule has 28 heavy (non-hydrogen) atoms. The fraction of sp³-hybridized carbons (Fsp3) is 0.364. The minimum atomic E-state index is -1.56. The Hall–Kier alpha value is -2.34. The van der Waals surface area contributed by atoms with Crippen LogP contribution in [0.4, 0.5) is 9.18 Å². The molecule has 2 aromatic rings. The number of nitrogens with one attached hydrogen (secondary N) is 1. The van der Waals surface area contributed by atoms with Gasteiger partial charge in [0.05, 0.1) is 0 Å². The average molecular weight is 402 g/mol. The van der Waals surface area contributed by atoms with Crippen LogP contribution in [0.25, 0.3) is 11.1 Å². The van der Waals surface area contributed by atoms with E-state index in [1.165, 1.54) is 11.8 Å². The molecule has 4 nitrogen and oxygen atoms in total. The summed E-state index contributed by atoms with van der Waals surface area (Å²) in [6.45, 7) is 6.01. The molecule has 0 radical (unpaired) electrons. The second kappa shape index (κ2) is 8.35. The number of ether oxygens (including phenoxy) is 1. The van der Waals surface area contributed by atoms with Gasteiger partial charge in [0.1, 0.15) is 12.6 Å². The van der Waals surface area contributed by atoms with Crippen LogP contribution in [0, 0.1) is 0 Å². The van der Waals surface area contributed by atoms with Crippen LogP contribution in [0.5, 0.6) is 0 Å². The lowest BCUT2D eigenvalue weighted by Gasteiger charge is -2.21. The molecule has 1 N–H and O–H groups in total. The van der Waals surface area contributed by atoms with Crippen molar-refractivity contribution in [3.63, 3.8) is 0 Å². The van der Waals surface area contributed by atoms with E-state index in [2.05, 4.69) is 17.4 Å². The molecule has 1 unspecified atom stereocenters. The molecule has 148 valence electrons. The molecule has 0 aliphatic heterocycles. The molecule has 0 spiro atoms. The Morgan fingerprint density at radius 1 is 1.07 bits per heavy atom. The van der Waals surface area contributed by atoms with Gasteiger partial charge in [-0.25, -0.2) is 4.79 Å². The van der Waals surface area contributed by atoms with Gasteiger partial charge in [-0.05, 0) is 22.3 Å². The number of amides is 1. The molecular formula is C22H24FNO3S. The molecule has 0 bridgehead atoms. The predicted octanol–water partition coefficient (Wildman–Crippen LogP) is 4.92. The van der Waals surface area contributed by atoms with Crippen molar-refractivity contribution in [2.24, 2.45) is 0 Å². The first-order valence-corrected chi connectivity index (χ1v) is 10.2. The zero-order valence-electron chi connectivity index (χ0n) is 16.2. The molecule has 3 rings (SSSR count). The number of hydrogen-bond donors (Lipinski definition) is 1. The summed E-state index contributed by atoms with van der Waals surface area (Å²) in [5.41, 5.74) is 4.45. The summed E-state index contributed by atoms with van der Waals surface area (Å²) >= 11 is 1.41. The molecule has 0 saturated heterocycles. The van der Waals surface area contributed by atoms with Gasteiger partial charge in [0.15, 0.2) is 0 Å². The van der Waals surface area contributed by atoms with Crippen LogP contribution in [0.1, 0.15) is 37.8 Å². The summed E-state index contributed by atoms with van der Waals surface area (Å²) in [5.74, 6) is 0.0740. The lowest BCUT2D eigenvalue weighted by Crippen LogP contribution is -2.42. The molecule has 2 aromatic carbocycles. The summed E-state index contributed by atoms with van der Waals surface area (Å²) in [7, 11) is 0. The van der Waals surface area contributed by atoms with Crippen LogP contribution < -0.4 is 5.32 Å². The van der Waals surface area contributed by atoms with Gasteiger partial charge in [0.25, 0.3) is 0 Å². The predicted molar refractivity (Wildman–Crippen MR) is 110 cm³/mol. The van der Waals surface area contributed by atoms with E-state index in [1.54, 1.807) is 0 Å². The van der Waals surface area contributed by atoms with Crippen molar-refractivity contribution in [3.8, 4) is 11.1 Å². The number of alkyl carbamates (subject to hydrolysis) is 1. The molecule has 1 amide bonds. The molecular weight excluding hydrogens is 377 g/mol. The van der Waals surface area contributed by atoms with Crippen molar-refractivity contribution in [1.29, 1.82) is 0 Å². The smallest absolute Gasteiger partial charge is 0.407 e. The van der Waals surface area contributed by atoms with Crippen LogP contribution in [-0.4, -0.2) is 35.3 Å². The van der Waals surface area contributed by atoms with Crippen LogP contribution in [0.3, 0.4) is 0 Å². The molecule has 0 aromatic heterocycles. The monoisotopic (exact) mass is 401 g/mol. The van der Waals surface area contributed by atoms with Crippen LogP contribution in [0.2, 0.25) is 0 Å². The topological polar surface area (TPSA) is 55.4 Å². The highest BCUT2D eigenvalue weighted by Crippen LogP contribution is 2.44. The van der Waals surface area contributed by atoms with Gasteiger partial charge in [-0.1, -0.05) is 69.3 Å². The maximum Gasteiger partial charge on any atom is 0.407 e. The highest BCUT2D eigenvalue weighted by Gasteiger charge is 2.30. The van der Waals surface area contributed by atoms with E-state index in [4.69, 9.17) is 4.74 Å². The number of benzene rings is 2. The van der Waals surface area contributed by atoms with Gasteiger partial charge in [-0.3, -0.25) is 4.79 Å². The van der Waals surface area contributed by atoms with E-state index in [0.717, 1.165) is 22.3 Å². The van der Waals surface area contributed by atoms with E-state index < -0.39 is 18.2 Å². The standard InChI is InChI=1S/C22H24FNO3S/c1-22(2,3)28-13-19(20(23)25)24-21(26)27-12-18-16-10-6-4-8-14(16)15-9-5-7-11-17(15)18/h4-11,18-19H,12-13H2,1-3H3,(H,24,26). The number of thioether (sulfide) groups is 1. The minimum absolute atomic E-state index is 0.0818. The zero-order valence-corrected chi connectivity index (χ0v) is 17.0. The van der Waals surface area contributed by atoms with Crippen LogP contribution in [0.15, 0.2) is 48.5 Å². The first-order chi connectivity index (χ1) is 13.3. The Labute approximate surface area is 168 Å². The molecule has 1 aliphatic rings. The van der Waals surface area contributed by atoms with Crippen molar-refractivity contribution in [1.82, 2.24) is 5.32 Å². The average Bonchev–Trinajstić information content (AvgIpc) is 2.96. The molecule has 1 atom stereocenters. The second-order valence-electron chi connectivity index (χ2n) is 7.75. The largest absolute Gasteiger partial charge is 0.449 e. The number of fused-ring (bicyclic) bond motifs is 3. The fourth-order valence-electron chi connectivity index (χ4n) is 3.28. The van der Waals surface area contributed by atoms with Crippen molar-refractivity contribution < 1.29 is 18.7 Å². The van der Waals surface area contributed by atoms with Crippen molar-refractivity contribution >= 4 is 23.9 Å². The van der Waals surface area contributed by atoms with Crippen LogP contribution >= 0.6 is 11.8 Å². The molecule has 0 saturated carbocycles. The van der Waals surface area contributed by atoms with Gasteiger partial charge in [-0.2, -0.15) is 16.2 Å². The number of hydrogen-bond acceptors (Lipinski definition) is 4. The van der Waals surface area contributed by atoms with Gasteiger partial charge in [0.2, 0.25) is 0 Å². The Morgan fingerprint density at radius 2 is 1.61 bits per heavy atom. The van der Waals surface area contributed by atoms with E-state index in [1.807, 2.05) is 57.2 Å². The lowest BCUT2D eigenvalue weighted by molar-refractivity contribution is -0.130. The SMILES string of the molecule is CC(C)(C)SCC(NC(=O)OCC1c2ccccc2-c2ccccc21)C(=O)F. The molecule has 6 heteroatoms. The summed E-state index contributed by atoms with van der Waals surface area (Å²) < 4.78 is 18.5. The zero-order chi connectivity index (χ0) is 20.3. The summed E-state index contributed by atoms with van der Waals surface area (Å²) in [5, 5.41) is 2.35. The maximum absolute atomic E-state index is 13.3. The molecule has 0 fully saturated rings. The molecule has 1 aliphatic carbocycles. The maximum atomic E-state index is 13.3. The van der Waals surface area contributed by atoms with E-state index in [-0.39, 0.29) is 23.0 Å². The van der Waals surface area contributed by atoms with Gasteiger partial charge in [-0.15, -0.1) is 0 Å². The van der Waals surface area contributed by atoms with Crippen molar-refractivity contribution in [2.45, 2.75) is 37.5 Å². The van der Waals surface area contributed by atoms with E-state index in [0.29, 0.717) is 0 Å². The number of carbonyl (C=O) groups is 2. The highest BCUT2D eigenvalue weighted by atomic mass is 32.2. The summed E-state index contributed by atoms with van der Waals surface area (Å²) in [4.78, 5) is 23.4. The lowest BCUT2D eigenvalue weighted by atomic mass is 9.98. The third-order valence-electron chi connectivity index (χ3n) is 4.59. The van der Waals surface area contributed by atoms with Crippen molar-refractivity contribution in [3.05, 3.63) is 59.7 Å². The first-order valence-electron chi connectivity index (χ1n) is 9.21. The normalized spacial score (nSPS) is 14.1. The Morgan fingerprint density at radius 3 is 2.11 bits per heavy atom. The summed E-state index contributed by atoms with van der Waals surface area (Å²) in [6.07, 6.45) is -0.785. The minimum Gasteiger partial charge on any atom is -0.449 e. The van der Waals surface area contributed by atoms with Gasteiger partial charge >= 0.3 is 12.1 Å². The Kier molecular flexibility index (Phi) is 6.08. The molecule has 0 heterocycles. The number of carbonyl (C=O) groups excluding carboxylic acids is 2. The van der Waals surface area contributed by atoms with E-state index in [9.17, 15) is 14.0 Å². The third-order valence-corrected chi connectivity index (χ3v) is 5.96. The van der Waals surface area contributed by atoms with Gasteiger partial charge < -0.3 is 10.1 Å². The Bertz CT molecular complexity index is 833. The first kappa shape index (κ1) is 20.4. The Balaban J connectivity index is 1.65. The quantitative estimate of drug-likeness (QED) is 0.698. The third kappa shape index (κ3) is 4.73. The van der Waals surface area contributed by atoms with Gasteiger partial charge in [0, 0.05) is 16.4 Å². The number of rotatable bonds is 6. The van der Waals surface area contributed by atoms with E-state index >= 15 is 0 Å². The highest BCUT2D eigenvalue weighted by molar-refractivity contribution is 8.00.